The van der Waals surface area contributed by atoms with E-state index in [1.165, 1.54) is 27.9 Å². The van der Waals surface area contributed by atoms with Crippen LogP contribution in [0.25, 0.3) is 11.1 Å². The van der Waals surface area contributed by atoms with Gasteiger partial charge in [-0.25, -0.2) is 4.79 Å². The zero-order valence-corrected chi connectivity index (χ0v) is 15.9. The lowest BCUT2D eigenvalue weighted by Gasteiger charge is -2.25. The van der Waals surface area contributed by atoms with Crippen LogP contribution < -0.4 is 0 Å². The molecular weight excluding hydrogens is 334 g/mol. The summed E-state index contributed by atoms with van der Waals surface area (Å²) in [5, 5.41) is 0. The molecule has 2 aromatic carbocycles. The molecule has 1 unspecified atom stereocenters. The van der Waals surface area contributed by atoms with Crippen molar-refractivity contribution >= 4 is 5.97 Å². The lowest BCUT2D eigenvalue weighted by Crippen LogP contribution is -2.32. The number of fused-ring (bicyclic) bond motifs is 1. The Morgan fingerprint density at radius 1 is 1.00 bits per heavy atom. The smallest absolute Gasteiger partial charge is 0.355 e. The lowest BCUT2D eigenvalue weighted by atomic mass is 9.95. The fourth-order valence-electron chi connectivity index (χ4n) is 3.96. The van der Waals surface area contributed by atoms with Crippen molar-refractivity contribution in [1.29, 1.82) is 0 Å². The van der Waals surface area contributed by atoms with Crippen LogP contribution in [0.4, 0.5) is 0 Å². The molecule has 1 aliphatic heterocycles. The molecule has 1 atom stereocenters. The van der Waals surface area contributed by atoms with Crippen molar-refractivity contribution in [3.05, 3.63) is 83.2 Å². The van der Waals surface area contributed by atoms with E-state index in [9.17, 15) is 4.79 Å². The monoisotopic (exact) mass is 359 g/mol. The highest BCUT2D eigenvalue weighted by molar-refractivity contribution is 5.89. The first-order valence-electron chi connectivity index (χ1n) is 9.76. The summed E-state index contributed by atoms with van der Waals surface area (Å²) in [7, 11) is 0. The molecule has 2 heterocycles. The number of esters is 1. The topological polar surface area (TPSA) is 31.2 Å². The fourth-order valence-corrected chi connectivity index (χ4v) is 3.96. The molecule has 0 bridgehead atoms. The number of hydrogen-bond donors (Lipinski definition) is 0. The van der Waals surface area contributed by atoms with E-state index in [1.807, 2.05) is 12.1 Å². The Bertz CT molecular complexity index is 956. The zero-order valence-electron chi connectivity index (χ0n) is 15.9. The Kier molecular flexibility index (Phi) is 4.85. The van der Waals surface area contributed by atoms with Crippen LogP contribution in [0.3, 0.4) is 0 Å². The summed E-state index contributed by atoms with van der Waals surface area (Å²) < 4.78 is 7.75. The van der Waals surface area contributed by atoms with E-state index >= 15 is 0 Å². The largest absolute Gasteiger partial charge is 0.456 e. The Labute approximate surface area is 160 Å². The number of cyclic esters (lactones) is 1. The zero-order chi connectivity index (χ0) is 18.8. The average Bonchev–Trinajstić information content (AvgIpc) is 3.07. The number of rotatable bonds is 5. The van der Waals surface area contributed by atoms with Crippen molar-refractivity contribution in [2.45, 2.75) is 45.8 Å². The average molecular weight is 359 g/mol. The number of benzene rings is 2. The van der Waals surface area contributed by atoms with Crippen LogP contribution in [-0.2, 0) is 24.1 Å². The first kappa shape index (κ1) is 17.6. The van der Waals surface area contributed by atoms with E-state index in [0.717, 1.165) is 25.8 Å². The highest BCUT2D eigenvalue weighted by atomic mass is 16.5. The third-order valence-electron chi connectivity index (χ3n) is 5.46. The molecule has 0 radical (unpaired) electrons. The van der Waals surface area contributed by atoms with Gasteiger partial charge in [0.15, 0.2) is 0 Å². The molecule has 0 saturated carbocycles. The van der Waals surface area contributed by atoms with Crippen LogP contribution in [0.15, 0.2) is 60.7 Å². The second-order valence-electron chi connectivity index (χ2n) is 7.10. The molecule has 0 spiro atoms. The molecule has 27 heavy (non-hydrogen) atoms. The molecule has 4 rings (SSSR count). The standard InChI is InChI=1S/C24H25NO2/c1-3-17-14-23-24(26)27-20(4-2)16-25(23)22(17)15-19-12-8-9-13-21(19)18-10-6-5-7-11-18/h5-14,20H,3-4,15-16H2,1-2H3. The molecule has 0 saturated heterocycles. The normalized spacial score (nSPS) is 16.1. The van der Waals surface area contributed by atoms with Crippen LogP contribution in [0.2, 0.25) is 0 Å². The van der Waals surface area contributed by atoms with Crippen LogP contribution in [0.1, 0.15) is 47.6 Å². The van der Waals surface area contributed by atoms with Gasteiger partial charge < -0.3 is 9.30 Å². The third-order valence-corrected chi connectivity index (χ3v) is 5.46. The number of carbonyl (C=O) groups is 1. The van der Waals surface area contributed by atoms with Gasteiger partial charge in [0.05, 0.1) is 6.54 Å². The van der Waals surface area contributed by atoms with Crippen molar-refractivity contribution < 1.29 is 9.53 Å². The van der Waals surface area contributed by atoms with Gasteiger partial charge in [-0.05, 0) is 41.2 Å². The van der Waals surface area contributed by atoms with Crippen molar-refractivity contribution in [3.63, 3.8) is 0 Å². The second kappa shape index (κ2) is 7.43. The van der Waals surface area contributed by atoms with E-state index < -0.39 is 0 Å². The molecule has 0 fully saturated rings. The van der Waals surface area contributed by atoms with E-state index in [-0.39, 0.29) is 12.1 Å². The Hall–Kier alpha value is -2.81. The summed E-state index contributed by atoms with van der Waals surface area (Å²) in [6.45, 7) is 4.97. The minimum atomic E-state index is -0.189. The van der Waals surface area contributed by atoms with Crippen LogP contribution in [0.5, 0.6) is 0 Å². The van der Waals surface area contributed by atoms with Crippen LogP contribution >= 0.6 is 0 Å². The van der Waals surface area contributed by atoms with Gasteiger partial charge in [-0.3, -0.25) is 0 Å². The summed E-state index contributed by atoms with van der Waals surface area (Å²) in [4.78, 5) is 12.4. The van der Waals surface area contributed by atoms with E-state index in [1.54, 1.807) is 0 Å². The second-order valence-corrected chi connectivity index (χ2v) is 7.10. The molecule has 0 aliphatic carbocycles. The molecule has 1 aromatic heterocycles. The Balaban J connectivity index is 1.78. The van der Waals surface area contributed by atoms with Gasteiger partial charge in [-0.2, -0.15) is 0 Å². The minimum absolute atomic E-state index is 0.0368. The van der Waals surface area contributed by atoms with Gasteiger partial charge in [0, 0.05) is 12.1 Å². The van der Waals surface area contributed by atoms with Crippen molar-refractivity contribution in [2.24, 2.45) is 0 Å². The predicted octanol–water partition coefficient (Wildman–Crippen LogP) is 5.26. The predicted molar refractivity (Wildman–Crippen MR) is 108 cm³/mol. The maximum Gasteiger partial charge on any atom is 0.355 e. The van der Waals surface area contributed by atoms with Gasteiger partial charge >= 0.3 is 5.97 Å². The summed E-state index contributed by atoms with van der Waals surface area (Å²) >= 11 is 0. The first-order chi connectivity index (χ1) is 13.2. The summed E-state index contributed by atoms with van der Waals surface area (Å²) in [6, 6.07) is 21.1. The maximum atomic E-state index is 12.4. The Morgan fingerprint density at radius 2 is 1.74 bits per heavy atom. The number of ether oxygens (including phenoxy) is 1. The van der Waals surface area contributed by atoms with Gasteiger partial charge in [0.1, 0.15) is 11.8 Å². The highest BCUT2D eigenvalue weighted by Gasteiger charge is 2.29. The summed E-state index contributed by atoms with van der Waals surface area (Å²) in [5.74, 6) is -0.189. The van der Waals surface area contributed by atoms with Gasteiger partial charge in [-0.1, -0.05) is 68.4 Å². The van der Waals surface area contributed by atoms with E-state index in [4.69, 9.17) is 4.74 Å². The molecule has 138 valence electrons. The summed E-state index contributed by atoms with van der Waals surface area (Å²) in [5.41, 5.74) is 6.94. The van der Waals surface area contributed by atoms with E-state index in [0.29, 0.717) is 5.69 Å². The molecular formula is C24H25NO2. The maximum absolute atomic E-state index is 12.4. The lowest BCUT2D eigenvalue weighted by molar-refractivity contribution is 0.0150. The molecule has 3 nitrogen and oxygen atoms in total. The van der Waals surface area contributed by atoms with Crippen LogP contribution in [0, 0.1) is 0 Å². The van der Waals surface area contributed by atoms with Crippen molar-refractivity contribution in [2.75, 3.05) is 0 Å². The van der Waals surface area contributed by atoms with Gasteiger partial charge in [-0.15, -0.1) is 0 Å². The number of aromatic nitrogens is 1. The molecule has 0 N–H and O–H groups in total. The minimum Gasteiger partial charge on any atom is -0.456 e. The molecule has 0 amide bonds. The first-order valence-corrected chi connectivity index (χ1v) is 9.76. The molecule has 3 heteroatoms. The molecule has 1 aliphatic rings. The third kappa shape index (κ3) is 3.30. The van der Waals surface area contributed by atoms with Crippen LogP contribution in [-0.4, -0.2) is 16.6 Å². The number of hydrogen-bond acceptors (Lipinski definition) is 2. The Morgan fingerprint density at radius 3 is 2.48 bits per heavy atom. The SMILES string of the molecule is CCc1cc2n(c1Cc1ccccc1-c1ccccc1)CC(CC)OC2=O. The molecule has 3 aromatic rings. The van der Waals surface area contributed by atoms with Crippen molar-refractivity contribution in [3.8, 4) is 11.1 Å². The summed E-state index contributed by atoms with van der Waals surface area (Å²) in [6.07, 6.45) is 2.53. The number of aryl methyl sites for hydroxylation is 1. The fraction of sp³-hybridized carbons (Fsp3) is 0.292. The van der Waals surface area contributed by atoms with E-state index in [2.05, 4.69) is 66.9 Å². The van der Waals surface area contributed by atoms with Gasteiger partial charge in [0.25, 0.3) is 0 Å². The number of nitrogens with zero attached hydrogens (tertiary/aromatic N) is 1. The van der Waals surface area contributed by atoms with Crippen molar-refractivity contribution in [1.82, 2.24) is 4.57 Å². The quantitative estimate of drug-likeness (QED) is 0.582. The highest BCUT2D eigenvalue weighted by Crippen LogP contribution is 2.30. The van der Waals surface area contributed by atoms with Gasteiger partial charge in [0.2, 0.25) is 0 Å². The number of carbonyl (C=O) groups excluding carboxylic acids is 1.